The van der Waals surface area contributed by atoms with Crippen molar-refractivity contribution in [2.75, 3.05) is 6.54 Å². The second kappa shape index (κ2) is 7.75. The second-order valence-electron chi connectivity index (χ2n) is 6.31. The zero-order valence-electron chi connectivity index (χ0n) is 14.3. The van der Waals surface area contributed by atoms with Gasteiger partial charge in [0.25, 0.3) is 5.91 Å². The first kappa shape index (κ1) is 18.8. The van der Waals surface area contributed by atoms with Crippen LogP contribution >= 0.6 is 0 Å². The molecule has 7 heteroatoms. The van der Waals surface area contributed by atoms with Crippen LogP contribution in [-0.2, 0) is 12.6 Å². The van der Waals surface area contributed by atoms with Crippen LogP contribution in [0.4, 0.5) is 13.2 Å². The first-order valence-electron chi connectivity index (χ1n) is 8.36. The molecule has 4 nitrogen and oxygen atoms in total. The molecule has 1 aromatic heterocycles. The number of aromatic nitrogens is 1. The van der Waals surface area contributed by atoms with E-state index in [2.05, 4.69) is 10.3 Å². The number of hydrogen-bond acceptors (Lipinski definition) is 3. The van der Waals surface area contributed by atoms with Crippen LogP contribution in [0.5, 0.6) is 0 Å². The predicted octanol–water partition coefficient (Wildman–Crippen LogP) is 3.55. The third-order valence-corrected chi connectivity index (χ3v) is 4.21. The Balaban J connectivity index is 1.56. The van der Waals surface area contributed by atoms with Crippen LogP contribution in [0.3, 0.4) is 0 Å². The third kappa shape index (κ3) is 4.83. The number of carbonyl (C=O) groups is 1. The fourth-order valence-corrected chi connectivity index (χ4v) is 2.76. The highest BCUT2D eigenvalue weighted by molar-refractivity contribution is 5.98. The van der Waals surface area contributed by atoms with Crippen molar-refractivity contribution in [2.45, 2.75) is 18.6 Å². The van der Waals surface area contributed by atoms with Gasteiger partial charge in [0.1, 0.15) is 0 Å². The number of nitrogens with one attached hydrogen (secondary N) is 1. The summed E-state index contributed by atoms with van der Waals surface area (Å²) in [6, 6.07) is 11.6. The molecule has 0 fully saturated rings. The number of pyridine rings is 1. The van der Waals surface area contributed by atoms with E-state index in [0.717, 1.165) is 22.9 Å². The molecular weight excluding hydrogens is 355 g/mol. The van der Waals surface area contributed by atoms with Gasteiger partial charge >= 0.3 is 6.18 Å². The van der Waals surface area contributed by atoms with Gasteiger partial charge < -0.3 is 11.1 Å². The molecule has 0 bridgehead atoms. The molecule has 3 N–H and O–H groups in total. The van der Waals surface area contributed by atoms with Crippen LogP contribution in [0.2, 0.25) is 0 Å². The lowest BCUT2D eigenvalue weighted by Crippen LogP contribution is -2.38. The fraction of sp³-hybridized carbons (Fsp3) is 0.200. The summed E-state index contributed by atoms with van der Waals surface area (Å²) < 4.78 is 37.7. The third-order valence-electron chi connectivity index (χ3n) is 4.21. The number of nitrogens with two attached hydrogens (primary N) is 1. The molecule has 140 valence electrons. The molecule has 0 saturated heterocycles. The predicted molar refractivity (Wildman–Crippen MR) is 97.2 cm³/mol. The number of amides is 1. The number of alkyl halides is 3. The number of rotatable bonds is 5. The van der Waals surface area contributed by atoms with E-state index in [9.17, 15) is 18.0 Å². The summed E-state index contributed by atoms with van der Waals surface area (Å²) in [6.45, 7) is 0.217. The number of benzene rings is 2. The summed E-state index contributed by atoms with van der Waals surface area (Å²) in [4.78, 5) is 16.3. The Hall–Kier alpha value is -2.93. The van der Waals surface area contributed by atoms with Gasteiger partial charge in [-0.15, -0.1) is 0 Å². The maximum Gasteiger partial charge on any atom is 0.416 e. The summed E-state index contributed by atoms with van der Waals surface area (Å²) >= 11 is 0. The molecule has 3 rings (SSSR count). The normalized spacial score (nSPS) is 12.7. The van der Waals surface area contributed by atoms with E-state index >= 15 is 0 Å². The average Bonchev–Trinajstić information content (AvgIpc) is 2.65. The Labute approximate surface area is 154 Å². The molecule has 0 aliphatic carbocycles. The number of nitrogens with zero attached hydrogens (tertiary/aromatic N) is 1. The van der Waals surface area contributed by atoms with Crippen molar-refractivity contribution in [2.24, 2.45) is 5.73 Å². The van der Waals surface area contributed by atoms with E-state index in [1.54, 1.807) is 24.5 Å². The summed E-state index contributed by atoms with van der Waals surface area (Å²) in [7, 11) is 0. The average molecular weight is 373 g/mol. The van der Waals surface area contributed by atoms with Crippen molar-refractivity contribution < 1.29 is 18.0 Å². The van der Waals surface area contributed by atoms with Gasteiger partial charge in [-0.05, 0) is 47.7 Å². The molecular formula is C20H18F3N3O. The molecule has 1 heterocycles. The quantitative estimate of drug-likeness (QED) is 0.719. The summed E-state index contributed by atoms with van der Waals surface area (Å²) in [6.07, 6.45) is -0.618. The van der Waals surface area contributed by atoms with Gasteiger partial charge in [-0.25, -0.2) is 0 Å². The maximum atomic E-state index is 12.6. The van der Waals surface area contributed by atoms with Crippen LogP contribution in [0, 0.1) is 0 Å². The van der Waals surface area contributed by atoms with Crippen LogP contribution in [0.1, 0.15) is 21.5 Å². The molecule has 0 radical (unpaired) electrons. The molecule has 3 aromatic rings. The highest BCUT2D eigenvalue weighted by atomic mass is 19.4. The summed E-state index contributed by atoms with van der Waals surface area (Å²) in [5, 5.41) is 4.61. The lowest BCUT2D eigenvalue weighted by atomic mass is 10.0. The van der Waals surface area contributed by atoms with Crippen LogP contribution in [-0.4, -0.2) is 23.5 Å². The van der Waals surface area contributed by atoms with E-state index < -0.39 is 17.8 Å². The van der Waals surface area contributed by atoms with E-state index in [1.165, 1.54) is 12.1 Å². The monoisotopic (exact) mass is 373 g/mol. The van der Waals surface area contributed by atoms with Gasteiger partial charge in [-0.3, -0.25) is 9.78 Å². The van der Waals surface area contributed by atoms with E-state index in [4.69, 9.17) is 5.73 Å². The summed E-state index contributed by atoms with van der Waals surface area (Å²) in [5.74, 6) is -0.253. The van der Waals surface area contributed by atoms with Crippen molar-refractivity contribution in [1.29, 1.82) is 0 Å². The van der Waals surface area contributed by atoms with E-state index in [1.807, 2.05) is 12.1 Å². The molecule has 1 atom stereocenters. The number of carbonyl (C=O) groups excluding carboxylic acids is 1. The first-order chi connectivity index (χ1) is 12.8. The SMILES string of the molecule is N[C@H](CNC(=O)c1ccc2cnccc2c1)Cc1ccc(C(F)(F)F)cc1. The topological polar surface area (TPSA) is 68.0 Å². The minimum Gasteiger partial charge on any atom is -0.350 e. The molecule has 0 aliphatic heterocycles. The van der Waals surface area contributed by atoms with Crippen LogP contribution < -0.4 is 11.1 Å². The first-order valence-corrected chi connectivity index (χ1v) is 8.36. The Morgan fingerprint density at radius 2 is 1.81 bits per heavy atom. The van der Waals surface area contributed by atoms with Crippen molar-refractivity contribution >= 4 is 16.7 Å². The number of hydrogen-bond donors (Lipinski definition) is 2. The Kier molecular flexibility index (Phi) is 5.41. The maximum absolute atomic E-state index is 12.6. The molecule has 2 aromatic carbocycles. The number of halogens is 3. The van der Waals surface area contributed by atoms with Gasteiger partial charge in [0.2, 0.25) is 0 Å². The van der Waals surface area contributed by atoms with Gasteiger partial charge in [0.05, 0.1) is 5.56 Å². The van der Waals surface area contributed by atoms with E-state index in [-0.39, 0.29) is 12.5 Å². The highest BCUT2D eigenvalue weighted by Crippen LogP contribution is 2.29. The standard InChI is InChI=1S/C20H18F3N3O/c21-20(22,23)17-5-1-13(2-6-17)9-18(24)12-26-19(27)15-3-4-16-11-25-8-7-14(16)10-15/h1-8,10-11,18H,9,12,24H2,(H,26,27)/t18-/m0/s1. The lowest BCUT2D eigenvalue weighted by molar-refractivity contribution is -0.137. The second-order valence-corrected chi connectivity index (χ2v) is 6.31. The van der Waals surface area contributed by atoms with Gasteiger partial charge in [-0.2, -0.15) is 13.2 Å². The van der Waals surface area contributed by atoms with E-state index in [0.29, 0.717) is 17.5 Å². The molecule has 0 spiro atoms. The molecule has 0 aliphatic rings. The minimum absolute atomic E-state index is 0.217. The summed E-state index contributed by atoms with van der Waals surface area (Å²) in [5.41, 5.74) is 6.50. The Bertz CT molecular complexity index is 939. The van der Waals surface area contributed by atoms with Crippen LogP contribution in [0.15, 0.2) is 60.9 Å². The lowest BCUT2D eigenvalue weighted by Gasteiger charge is -2.14. The van der Waals surface area contributed by atoms with Crippen molar-refractivity contribution in [3.8, 4) is 0 Å². The molecule has 0 saturated carbocycles. The zero-order valence-corrected chi connectivity index (χ0v) is 14.3. The molecule has 1 amide bonds. The highest BCUT2D eigenvalue weighted by Gasteiger charge is 2.29. The zero-order chi connectivity index (χ0) is 19.4. The smallest absolute Gasteiger partial charge is 0.350 e. The molecule has 27 heavy (non-hydrogen) atoms. The van der Waals surface area contributed by atoms with Crippen molar-refractivity contribution in [1.82, 2.24) is 10.3 Å². The molecule has 0 unspecified atom stereocenters. The largest absolute Gasteiger partial charge is 0.416 e. The minimum atomic E-state index is -4.36. The van der Waals surface area contributed by atoms with Crippen molar-refractivity contribution in [3.63, 3.8) is 0 Å². The Morgan fingerprint density at radius 3 is 2.52 bits per heavy atom. The van der Waals surface area contributed by atoms with Gasteiger partial charge in [0.15, 0.2) is 0 Å². The fourth-order valence-electron chi connectivity index (χ4n) is 2.76. The van der Waals surface area contributed by atoms with Gasteiger partial charge in [-0.1, -0.05) is 18.2 Å². The van der Waals surface area contributed by atoms with Crippen LogP contribution in [0.25, 0.3) is 10.8 Å². The van der Waals surface area contributed by atoms with Gasteiger partial charge in [0, 0.05) is 35.9 Å². The van der Waals surface area contributed by atoms with Crippen molar-refractivity contribution in [3.05, 3.63) is 77.6 Å². The Morgan fingerprint density at radius 1 is 1.07 bits per heavy atom. The number of fused-ring (bicyclic) bond motifs is 1.